The van der Waals surface area contributed by atoms with Crippen LogP contribution in [-0.4, -0.2) is 23.3 Å². The van der Waals surface area contributed by atoms with Gasteiger partial charge < -0.3 is 10.2 Å². The monoisotopic (exact) mass is 340 g/mol. The maximum absolute atomic E-state index is 13.0. The van der Waals surface area contributed by atoms with Gasteiger partial charge in [-0.15, -0.1) is 0 Å². The first kappa shape index (κ1) is 17.1. The second-order valence-corrected chi connectivity index (χ2v) is 6.61. The Morgan fingerprint density at radius 1 is 1.20 bits per heavy atom. The molecule has 1 aliphatic heterocycles. The molecular formula is C20H21FN2O2. The van der Waals surface area contributed by atoms with Crippen LogP contribution < -0.4 is 5.32 Å². The fraction of sp³-hybridized carbons (Fsp3) is 0.300. The molecule has 1 N–H and O–H groups in total. The van der Waals surface area contributed by atoms with Gasteiger partial charge in [0.15, 0.2) is 0 Å². The third-order valence-electron chi connectivity index (χ3n) is 4.51. The van der Waals surface area contributed by atoms with Crippen molar-refractivity contribution in [1.29, 1.82) is 0 Å². The summed E-state index contributed by atoms with van der Waals surface area (Å²) in [6, 6.07) is 11.9. The summed E-state index contributed by atoms with van der Waals surface area (Å²) in [5.41, 5.74) is 3.77. The summed E-state index contributed by atoms with van der Waals surface area (Å²) in [4.78, 5) is 26.3. The molecule has 0 radical (unpaired) electrons. The van der Waals surface area contributed by atoms with E-state index in [0.29, 0.717) is 13.1 Å². The number of aryl methyl sites for hydroxylation is 2. The zero-order valence-electron chi connectivity index (χ0n) is 14.4. The minimum absolute atomic E-state index is 0.0508. The van der Waals surface area contributed by atoms with E-state index in [1.165, 1.54) is 12.1 Å². The Balaban J connectivity index is 1.63. The second kappa shape index (κ2) is 7.05. The van der Waals surface area contributed by atoms with E-state index in [0.717, 1.165) is 22.4 Å². The molecule has 1 fully saturated rings. The second-order valence-electron chi connectivity index (χ2n) is 6.61. The molecule has 5 heteroatoms. The zero-order valence-corrected chi connectivity index (χ0v) is 14.4. The fourth-order valence-electron chi connectivity index (χ4n) is 3.10. The Morgan fingerprint density at radius 3 is 2.60 bits per heavy atom. The number of hydrogen-bond donors (Lipinski definition) is 1. The van der Waals surface area contributed by atoms with E-state index in [1.54, 1.807) is 17.0 Å². The predicted octanol–water partition coefficient (Wildman–Crippen LogP) is 3.43. The number of benzene rings is 2. The van der Waals surface area contributed by atoms with Gasteiger partial charge in [0.25, 0.3) is 0 Å². The number of nitrogens with zero attached hydrogens (tertiary/aromatic N) is 1. The summed E-state index contributed by atoms with van der Waals surface area (Å²) in [6.07, 6.45) is 0.206. The quantitative estimate of drug-likeness (QED) is 0.927. The lowest BCUT2D eigenvalue weighted by Gasteiger charge is -2.17. The van der Waals surface area contributed by atoms with Crippen LogP contribution in [0.5, 0.6) is 0 Å². The van der Waals surface area contributed by atoms with Crippen LogP contribution in [0.4, 0.5) is 10.1 Å². The number of anilines is 1. The maximum atomic E-state index is 13.0. The van der Waals surface area contributed by atoms with Gasteiger partial charge in [0, 0.05) is 25.2 Å². The maximum Gasteiger partial charge on any atom is 0.229 e. The van der Waals surface area contributed by atoms with E-state index in [9.17, 15) is 14.0 Å². The summed E-state index contributed by atoms with van der Waals surface area (Å²) in [5, 5.41) is 2.92. The molecule has 0 spiro atoms. The number of carbonyl (C=O) groups is 2. The molecule has 1 atom stereocenters. The number of hydrogen-bond acceptors (Lipinski definition) is 2. The average molecular weight is 340 g/mol. The molecule has 0 bridgehead atoms. The molecule has 0 aromatic heterocycles. The number of rotatable bonds is 4. The fourth-order valence-corrected chi connectivity index (χ4v) is 3.10. The van der Waals surface area contributed by atoms with Crippen LogP contribution in [0.2, 0.25) is 0 Å². The van der Waals surface area contributed by atoms with E-state index in [4.69, 9.17) is 0 Å². The van der Waals surface area contributed by atoms with Crippen molar-refractivity contribution < 1.29 is 14.0 Å². The Hall–Kier alpha value is -2.69. The Labute approximate surface area is 146 Å². The predicted molar refractivity (Wildman–Crippen MR) is 94.5 cm³/mol. The van der Waals surface area contributed by atoms with E-state index in [-0.39, 0.29) is 30.0 Å². The van der Waals surface area contributed by atoms with Crippen LogP contribution in [0, 0.1) is 25.6 Å². The topological polar surface area (TPSA) is 49.4 Å². The summed E-state index contributed by atoms with van der Waals surface area (Å²) in [7, 11) is 0. The van der Waals surface area contributed by atoms with Gasteiger partial charge >= 0.3 is 0 Å². The molecule has 0 aliphatic carbocycles. The lowest BCUT2D eigenvalue weighted by Crippen LogP contribution is -2.28. The largest absolute Gasteiger partial charge is 0.338 e. The SMILES string of the molecule is Cc1ccc(NC(=O)[C@H]2CC(=O)N(Cc3ccc(F)cc3)C2)c(C)c1. The Bertz CT molecular complexity index is 802. The molecule has 1 aliphatic rings. The minimum atomic E-state index is -0.367. The molecule has 4 nitrogen and oxygen atoms in total. The number of likely N-dealkylation sites (tertiary alicyclic amines) is 1. The van der Waals surface area contributed by atoms with Crippen molar-refractivity contribution in [3.8, 4) is 0 Å². The molecule has 1 heterocycles. The van der Waals surface area contributed by atoms with Gasteiger partial charge in [-0.2, -0.15) is 0 Å². The van der Waals surface area contributed by atoms with Crippen molar-refractivity contribution >= 4 is 17.5 Å². The van der Waals surface area contributed by atoms with Gasteiger partial charge in [0.1, 0.15) is 5.82 Å². The van der Waals surface area contributed by atoms with Gasteiger partial charge in [0.2, 0.25) is 11.8 Å². The molecular weight excluding hydrogens is 319 g/mol. The molecule has 2 aromatic rings. The first-order chi connectivity index (χ1) is 11.9. The van der Waals surface area contributed by atoms with Crippen molar-refractivity contribution in [2.75, 3.05) is 11.9 Å². The van der Waals surface area contributed by atoms with Crippen molar-refractivity contribution in [3.05, 3.63) is 65.0 Å². The summed E-state index contributed by atoms with van der Waals surface area (Å²) < 4.78 is 13.0. The number of amides is 2. The third-order valence-corrected chi connectivity index (χ3v) is 4.51. The highest BCUT2D eigenvalue weighted by molar-refractivity contribution is 5.97. The van der Waals surface area contributed by atoms with Crippen molar-refractivity contribution in [1.82, 2.24) is 4.90 Å². The molecule has 2 amide bonds. The smallest absolute Gasteiger partial charge is 0.229 e. The normalized spacial score (nSPS) is 17.0. The average Bonchev–Trinajstić information content (AvgIpc) is 2.93. The zero-order chi connectivity index (χ0) is 18.0. The molecule has 1 saturated heterocycles. The number of nitrogens with one attached hydrogen (secondary N) is 1. The van der Waals surface area contributed by atoms with Crippen LogP contribution in [-0.2, 0) is 16.1 Å². The summed E-state index contributed by atoms with van der Waals surface area (Å²) in [5.74, 6) is -0.858. The lowest BCUT2D eigenvalue weighted by molar-refractivity contribution is -0.128. The molecule has 0 unspecified atom stereocenters. The first-order valence-corrected chi connectivity index (χ1v) is 8.32. The van der Waals surface area contributed by atoms with Crippen molar-refractivity contribution in [2.24, 2.45) is 5.92 Å². The standard InChI is InChI=1S/C20H21FN2O2/c1-13-3-8-18(14(2)9-13)22-20(25)16-10-19(24)23(12-16)11-15-4-6-17(21)7-5-15/h3-9,16H,10-12H2,1-2H3,(H,22,25)/t16-/m0/s1. The van der Waals surface area contributed by atoms with Gasteiger partial charge in [-0.05, 0) is 43.2 Å². The molecule has 130 valence electrons. The molecule has 3 rings (SSSR count). The molecule has 2 aromatic carbocycles. The first-order valence-electron chi connectivity index (χ1n) is 8.32. The minimum Gasteiger partial charge on any atom is -0.338 e. The highest BCUT2D eigenvalue weighted by Gasteiger charge is 2.34. The highest BCUT2D eigenvalue weighted by atomic mass is 19.1. The van der Waals surface area contributed by atoms with Crippen molar-refractivity contribution in [3.63, 3.8) is 0 Å². The summed E-state index contributed by atoms with van der Waals surface area (Å²) in [6.45, 7) is 4.73. The van der Waals surface area contributed by atoms with Crippen LogP contribution >= 0.6 is 0 Å². The molecule has 0 saturated carbocycles. The lowest BCUT2D eigenvalue weighted by atomic mass is 10.1. The summed E-state index contributed by atoms with van der Waals surface area (Å²) >= 11 is 0. The van der Waals surface area contributed by atoms with E-state index in [1.807, 2.05) is 32.0 Å². The van der Waals surface area contributed by atoms with Gasteiger partial charge in [0.05, 0.1) is 5.92 Å². The van der Waals surface area contributed by atoms with Crippen molar-refractivity contribution in [2.45, 2.75) is 26.8 Å². The van der Waals surface area contributed by atoms with E-state index in [2.05, 4.69) is 5.32 Å². The Kier molecular flexibility index (Phi) is 4.83. The van der Waals surface area contributed by atoms with Crippen LogP contribution in [0.25, 0.3) is 0 Å². The van der Waals surface area contributed by atoms with Gasteiger partial charge in [-0.25, -0.2) is 4.39 Å². The number of carbonyl (C=O) groups excluding carboxylic acids is 2. The third kappa shape index (κ3) is 4.05. The molecule has 25 heavy (non-hydrogen) atoms. The number of halogens is 1. The van der Waals surface area contributed by atoms with E-state index < -0.39 is 0 Å². The van der Waals surface area contributed by atoms with Gasteiger partial charge in [-0.3, -0.25) is 9.59 Å². The van der Waals surface area contributed by atoms with Gasteiger partial charge in [-0.1, -0.05) is 29.8 Å². The van der Waals surface area contributed by atoms with Crippen LogP contribution in [0.3, 0.4) is 0 Å². The Morgan fingerprint density at radius 2 is 1.92 bits per heavy atom. The van der Waals surface area contributed by atoms with E-state index >= 15 is 0 Å². The highest BCUT2D eigenvalue weighted by Crippen LogP contribution is 2.23. The van der Waals surface area contributed by atoms with Crippen LogP contribution in [0.15, 0.2) is 42.5 Å². The van der Waals surface area contributed by atoms with Crippen LogP contribution in [0.1, 0.15) is 23.1 Å².